The summed E-state index contributed by atoms with van der Waals surface area (Å²) < 4.78 is 69.1. The van der Waals surface area contributed by atoms with Crippen molar-refractivity contribution >= 4 is 12.2 Å². The molecule has 2 aromatic carbocycles. The van der Waals surface area contributed by atoms with Crippen molar-refractivity contribution in [1.82, 2.24) is 9.55 Å². The van der Waals surface area contributed by atoms with E-state index in [-0.39, 0.29) is 58.5 Å². The number of hydrogen-bond donors (Lipinski definition) is 0. The second-order valence-electron chi connectivity index (χ2n) is 7.02. The van der Waals surface area contributed by atoms with Gasteiger partial charge in [0.15, 0.2) is 0 Å². The van der Waals surface area contributed by atoms with Crippen molar-refractivity contribution in [2.45, 2.75) is 31.9 Å². The number of alkyl halides is 3. The number of aliphatic carboxylic acids is 1. The number of nitrogens with zero attached hydrogens (tertiary/aromatic N) is 2. The second-order valence-corrected chi connectivity index (χ2v) is 7.02. The molecule has 1 aromatic heterocycles. The van der Waals surface area contributed by atoms with Gasteiger partial charge in [0.2, 0.25) is 5.82 Å². The summed E-state index contributed by atoms with van der Waals surface area (Å²) in [5, 5.41) is 10.5. The number of carboxylic acids is 1. The maximum atomic E-state index is 13.8. The molecule has 168 valence electrons. The Balaban J connectivity index is 0.00000385. The monoisotopic (exact) mass is 472 g/mol. The van der Waals surface area contributed by atoms with E-state index in [0.29, 0.717) is 19.3 Å². The number of imidazole rings is 1. The first-order valence-electron chi connectivity index (χ1n) is 9.74. The fourth-order valence-electron chi connectivity index (χ4n) is 3.18. The Morgan fingerprint density at radius 3 is 2.00 bits per heavy atom. The Kier molecular flexibility index (Phi) is 9.39. The molecule has 0 N–H and O–H groups in total. The average Bonchev–Trinajstić information content (AvgIpc) is 3.11. The van der Waals surface area contributed by atoms with Gasteiger partial charge in [0.1, 0.15) is 11.6 Å². The quantitative estimate of drug-likeness (QED) is 0.287. The van der Waals surface area contributed by atoms with Gasteiger partial charge in [0, 0.05) is 23.3 Å². The molecule has 0 saturated carbocycles. The predicted octanol–water partition coefficient (Wildman–Crippen LogP) is 2.30. The molecule has 0 radical (unpaired) electrons. The third-order valence-electron chi connectivity index (χ3n) is 4.66. The first kappa shape index (κ1) is 26.8. The van der Waals surface area contributed by atoms with Crippen molar-refractivity contribution in [2.24, 2.45) is 0 Å². The molecule has 10 heteroatoms. The fourth-order valence-corrected chi connectivity index (χ4v) is 3.18. The molecule has 33 heavy (non-hydrogen) atoms. The van der Waals surface area contributed by atoms with Gasteiger partial charge >= 0.3 is 35.7 Å². The van der Waals surface area contributed by atoms with Crippen LogP contribution in [0.4, 0.5) is 22.0 Å². The van der Waals surface area contributed by atoms with Crippen LogP contribution in [0.15, 0.2) is 54.6 Å². The van der Waals surface area contributed by atoms with E-state index in [1.807, 2.05) is 0 Å². The number of carbonyl (C=O) groups is 1. The Labute approximate surface area is 209 Å². The van der Waals surface area contributed by atoms with E-state index in [1.54, 1.807) is 0 Å². The van der Waals surface area contributed by atoms with Crippen LogP contribution in [0.25, 0.3) is 28.7 Å². The van der Waals surface area contributed by atoms with Gasteiger partial charge in [0.25, 0.3) is 0 Å². The summed E-state index contributed by atoms with van der Waals surface area (Å²) in [4.78, 5) is 14.3. The van der Waals surface area contributed by atoms with Crippen LogP contribution in [0.2, 0.25) is 0 Å². The first-order chi connectivity index (χ1) is 15.2. The van der Waals surface area contributed by atoms with Crippen molar-refractivity contribution in [3.05, 3.63) is 72.1 Å². The minimum Gasteiger partial charge on any atom is -0.550 e. The average molecular weight is 472 g/mol. The molecule has 0 fully saturated rings. The number of unbranched alkanes of at least 4 members (excludes halogenated alkanes) is 2. The Bertz CT molecular complexity index is 1110. The maximum absolute atomic E-state index is 13.8. The summed E-state index contributed by atoms with van der Waals surface area (Å²) >= 11 is 0. The predicted molar refractivity (Wildman–Crippen MR) is 107 cm³/mol. The second kappa shape index (κ2) is 11.6. The van der Waals surface area contributed by atoms with Crippen molar-refractivity contribution in [1.29, 1.82) is 0 Å². The number of rotatable bonds is 8. The first-order valence-corrected chi connectivity index (χ1v) is 9.74. The number of hydrogen-bond acceptors (Lipinski definition) is 3. The summed E-state index contributed by atoms with van der Waals surface area (Å²) in [7, 11) is 0. The molecular weight excluding hydrogens is 454 g/mol. The minimum absolute atomic E-state index is 0. The van der Waals surface area contributed by atoms with Crippen LogP contribution in [0.5, 0.6) is 0 Å². The van der Waals surface area contributed by atoms with Crippen molar-refractivity contribution in [2.75, 3.05) is 0 Å². The van der Waals surface area contributed by atoms with Gasteiger partial charge in [-0.15, -0.1) is 0 Å². The SMILES string of the molecule is O=C([O-])CCCC/C=C/n1c(C(F)(F)F)nc(-c2ccc(F)cc2)c1-c1ccc(F)cc1.[Na+]. The Hall–Kier alpha value is -2.49. The summed E-state index contributed by atoms with van der Waals surface area (Å²) in [6, 6.07) is 9.79. The molecule has 0 atom stereocenters. The van der Waals surface area contributed by atoms with Gasteiger partial charge in [-0.1, -0.05) is 6.08 Å². The van der Waals surface area contributed by atoms with Gasteiger partial charge in [-0.05, 0) is 74.2 Å². The topological polar surface area (TPSA) is 57.9 Å². The van der Waals surface area contributed by atoms with E-state index in [9.17, 15) is 31.9 Å². The third-order valence-corrected chi connectivity index (χ3v) is 4.66. The zero-order valence-electron chi connectivity index (χ0n) is 17.7. The van der Waals surface area contributed by atoms with Crippen LogP contribution < -0.4 is 34.7 Å². The largest absolute Gasteiger partial charge is 1.00 e. The number of allylic oxidation sites excluding steroid dienone is 1. The van der Waals surface area contributed by atoms with E-state index >= 15 is 0 Å². The molecule has 0 saturated heterocycles. The third kappa shape index (κ3) is 6.99. The van der Waals surface area contributed by atoms with Crippen molar-refractivity contribution in [3.8, 4) is 22.5 Å². The van der Waals surface area contributed by atoms with Crippen molar-refractivity contribution in [3.63, 3.8) is 0 Å². The zero-order chi connectivity index (χ0) is 23.3. The van der Waals surface area contributed by atoms with Crippen molar-refractivity contribution < 1.29 is 61.4 Å². The van der Waals surface area contributed by atoms with E-state index in [2.05, 4.69) is 4.98 Å². The van der Waals surface area contributed by atoms with Crippen LogP contribution in [0, 0.1) is 11.6 Å². The molecule has 3 aromatic rings. The van der Waals surface area contributed by atoms with Crippen LogP contribution in [-0.4, -0.2) is 15.5 Å². The smallest absolute Gasteiger partial charge is 0.550 e. The number of halogens is 5. The normalized spacial score (nSPS) is 11.5. The van der Waals surface area contributed by atoms with E-state index < -0.39 is 29.6 Å². The molecule has 0 unspecified atom stereocenters. The van der Waals surface area contributed by atoms with E-state index in [0.717, 1.165) is 28.8 Å². The number of aromatic nitrogens is 2. The zero-order valence-corrected chi connectivity index (χ0v) is 19.7. The van der Waals surface area contributed by atoms with Crippen LogP contribution >= 0.6 is 0 Å². The van der Waals surface area contributed by atoms with Crippen LogP contribution in [0.1, 0.15) is 31.5 Å². The minimum atomic E-state index is -4.80. The molecule has 0 aliphatic rings. The molecule has 0 aliphatic carbocycles. The molecule has 3 rings (SSSR count). The van der Waals surface area contributed by atoms with E-state index in [1.165, 1.54) is 36.5 Å². The molecule has 4 nitrogen and oxygen atoms in total. The van der Waals surface area contributed by atoms with Gasteiger partial charge in [-0.25, -0.2) is 13.8 Å². The summed E-state index contributed by atoms with van der Waals surface area (Å²) in [6.07, 6.45) is -1.15. The Morgan fingerprint density at radius 2 is 1.48 bits per heavy atom. The summed E-state index contributed by atoms with van der Waals surface area (Å²) in [5.41, 5.74) is 0.577. The van der Waals surface area contributed by atoms with Crippen LogP contribution in [-0.2, 0) is 11.0 Å². The van der Waals surface area contributed by atoms with Gasteiger partial charge in [-0.3, -0.25) is 4.57 Å². The number of carbonyl (C=O) groups excluding carboxylic acids is 1. The Morgan fingerprint density at radius 1 is 0.939 bits per heavy atom. The van der Waals surface area contributed by atoms with Gasteiger partial charge < -0.3 is 9.90 Å². The van der Waals surface area contributed by atoms with Crippen LogP contribution in [0.3, 0.4) is 0 Å². The summed E-state index contributed by atoms with van der Waals surface area (Å²) in [6.45, 7) is 0. The summed E-state index contributed by atoms with van der Waals surface area (Å²) in [5.74, 6) is -3.49. The molecular formula is C23H18F5N2NaO2. The molecule has 1 heterocycles. The fraction of sp³-hybridized carbons (Fsp3) is 0.217. The van der Waals surface area contributed by atoms with Gasteiger partial charge in [0.05, 0.1) is 11.4 Å². The number of carboxylic acid groups (broad SMARTS) is 1. The number of benzene rings is 2. The van der Waals surface area contributed by atoms with Gasteiger partial charge in [-0.2, -0.15) is 13.2 Å². The molecule has 0 amide bonds. The molecule has 0 spiro atoms. The maximum Gasteiger partial charge on any atom is 1.00 e. The standard InChI is InChI=1S/C23H19F5N2O2.Na/c24-17-10-6-15(7-11-17)20-21(16-8-12-18(25)13-9-16)30(22(29-20)23(26,27)28)14-4-2-1-3-5-19(31)32;/h4,6-14H,1-3,5H2,(H,31,32);/q;+1/p-1/b14-4+;. The van der Waals surface area contributed by atoms with E-state index in [4.69, 9.17) is 0 Å². The molecule has 0 bridgehead atoms. The molecule has 0 aliphatic heterocycles.